The van der Waals surface area contributed by atoms with E-state index in [4.69, 9.17) is 0 Å². The van der Waals surface area contributed by atoms with Crippen molar-refractivity contribution in [3.63, 3.8) is 0 Å². The number of piperidine rings is 2. The molecule has 0 radical (unpaired) electrons. The van der Waals surface area contributed by atoms with Crippen molar-refractivity contribution in [2.75, 3.05) is 43.4 Å². The molecule has 1 aromatic carbocycles. The number of hydrogen-bond acceptors (Lipinski definition) is 3. The third-order valence-corrected chi connectivity index (χ3v) is 5.21. The second kappa shape index (κ2) is 10.6. The number of rotatable bonds is 4. The summed E-state index contributed by atoms with van der Waals surface area (Å²) in [4.78, 5) is 2.30. The molecule has 1 aromatic rings. The molecule has 3 nitrogen and oxygen atoms in total. The average Bonchev–Trinajstić information content (AvgIpc) is 2.64. The number of anilines is 2. The molecule has 0 aliphatic carbocycles. The lowest BCUT2D eigenvalue weighted by Crippen LogP contribution is -2.34. The van der Waals surface area contributed by atoms with Crippen LogP contribution in [0.5, 0.6) is 0 Å². The molecule has 0 atom stereocenters. The third-order valence-electron chi connectivity index (χ3n) is 5.21. The van der Waals surface area contributed by atoms with Gasteiger partial charge in [-0.1, -0.05) is 20.3 Å². The van der Waals surface area contributed by atoms with E-state index < -0.39 is 0 Å². The molecule has 2 heterocycles. The standard InChI is InChI=1S/C16H25FN2.C5H11N/c1-12(2)10-13-6-8-19(9-7-13)14-4-5-16(18-3)15(17)11-14;1-2-4-6-5-3-1/h4-5,11-13,18H,6-10H2,1-3H3;6H,1-5H2. The van der Waals surface area contributed by atoms with Crippen LogP contribution in [0.1, 0.15) is 52.4 Å². The van der Waals surface area contributed by atoms with Gasteiger partial charge in [0.1, 0.15) is 5.82 Å². The lowest BCUT2D eigenvalue weighted by molar-refractivity contribution is 0.338. The Kier molecular flexibility index (Phi) is 8.53. The molecule has 142 valence electrons. The number of halogens is 1. The van der Waals surface area contributed by atoms with Crippen LogP contribution in [0, 0.1) is 17.7 Å². The van der Waals surface area contributed by atoms with Gasteiger partial charge in [-0.15, -0.1) is 0 Å². The summed E-state index contributed by atoms with van der Waals surface area (Å²) in [6, 6.07) is 5.48. The van der Waals surface area contributed by atoms with Crippen LogP contribution in [-0.4, -0.2) is 33.2 Å². The van der Waals surface area contributed by atoms with Gasteiger partial charge >= 0.3 is 0 Å². The molecule has 0 amide bonds. The highest BCUT2D eigenvalue weighted by atomic mass is 19.1. The van der Waals surface area contributed by atoms with Gasteiger partial charge < -0.3 is 15.5 Å². The normalized spacial score (nSPS) is 18.7. The van der Waals surface area contributed by atoms with Gasteiger partial charge in [-0.2, -0.15) is 0 Å². The van der Waals surface area contributed by atoms with Gasteiger partial charge in [-0.3, -0.25) is 0 Å². The zero-order chi connectivity index (χ0) is 18.1. The Bertz CT molecular complexity index is 480. The SMILES string of the molecule is C1CCNCC1.CNc1ccc(N2CCC(CC(C)C)CC2)cc1F. The molecule has 0 bridgehead atoms. The quantitative estimate of drug-likeness (QED) is 0.810. The predicted molar refractivity (Wildman–Crippen MR) is 107 cm³/mol. The van der Waals surface area contributed by atoms with E-state index in [9.17, 15) is 4.39 Å². The summed E-state index contributed by atoms with van der Waals surface area (Å²) in [6.45, 7) is 9.18. The number of nitrogens with zero attached hydrogens (tertiary/aromatic N) is 1. The largest absolute Gasteiger partial charge is 0.386 e. The molecule has 2 aliphatic rings. The minimum atomic E-state index is -0.163. The minimum Gasteiger partial charge on any atom is -0.386 e. The van der Waals surface area contributed by atoms with Crippen molar-refractivity contribution in [2.45, 2.75) is 52.4 Å². The van der Waals surface area contributed by atoms with Crippen LogP contribution in [0.25, 0.3) is 0 Å². The first-order valence-corrected chi connectivity index (χ1v) is 10.0. The molecule has 2 N–H and O–H groups in total. The van der Waals surface area contributed by atoms with Crippen molar-refractivity contribution < 1.29 is 4.39 Å². The van der Waals surface area contributed by atoms with E-state index in [2.05, 4.69) is 29.4 Å². The highest BCUT2D eigenvalue weighted by molar-refractivity contribution is 5.56. The fourth-order valence-corrected chi connectivity index (χ4v) is 3.80. The van der Waals surface area contributed by atoms with Gasteiger partial charge in [-0.05, 0) is 75.2 Å². The van der Waals surface area contributed by atoms with Crippen LogP contribution in [-0.2, 0) is 0 Å². The zero-order valence-corrected chi connectivity index (χ0v) is 16.3. The van der Waals surface area contributed by atoms with Crippen LogP contribution in [0.15, 0.2) is 18.2 Å². The Morgan fingerprint density at radius 1 is 1.16 bits per heavy atom. The van der Waals surface area contributed by atoms with Crippen LogP contribution >= 0.6 is 0 Å². The lowest BCUT2D eigenvalue weighted by atomic mass is 9.88. The Balaban J connectivity index is 0.000000316. The molecule has 2 aliphatic heterocycles. The van der Waals surface area contributed by atoms with Gasteiger partial charge in [0.25, 0.3) is 0 Å². The van der Waals surface area contributed by atoms with E-state index in [0.29, 0.717) is 5.69 Å². The van der Waals surface area contributed by atoms with Crippen molar-refractivity contribution >= 4 is 11.4 Å². The van der Waals surface area contributed by atoms with Crippen molar-refractivity contribution in [3.8, 4) is 0 Å². The van der Waals surface area contributed by atoms with Gasteiger partial charge in [-0.25, -0.2) is 4.39 Å². The molecule has 25 heavy (non-hydrogen) atoms. The van der Waals surface area contributed by atoms with Crippen LogP contribution in [0.4, 0.5) is 15.8 Å². The molecule has 4 heteroatoms. The average molecular weight is 350 g/mol. The van der Waals surface area contributed by atoms with E-state index in [1.807, 2.05) is 12.1 Å². The second-order valence-electron chi connectivity index (χ2n) is 7.78. The summed E-state index contributed by atoms with van der Waals surface area (Å²) in [5, 5.41) is 6.15. The molecule has 0 unspecified atom stereocenters. The van der Waals surface area contributed by atoms with Crippen molar-refractivity contribution in [2.24, 2.45) is 11.8 Å². The summed E-state index contributed by atoms with van der Waals surface area (Å²) in [5.41, 5.74) is 1.58. The van der Waals surface area contributed by atoms with Gasteiger partial charge in [0.15, 0.2) is 0 Å². The van der Waals surface area contributed by atoms with Crippen LogP contribution in [0.2, 0.25) is 0 Å². The molecular formula is C21H36FN3. The van der Waals surface area contributed by atoms with Gasteiger partial charge in [0, 0.05) is 25.8 Å². The van der Waals surface area contributed by atoms with Gasteiger partial charge in [0.05, 0.1) is 5.69 Å². The third kappa shape index (κ3) is 6.85. The maximum atomic E-state index is 13.8. The number of benzene rings is 1. The van der Waals surface area contributed by atoms with E-state index in [0.717, 1.165) is 30.6 Å². The topological polar surface area (TPSA) is 27.3 Å². The Morgan fingerprint density at radius 2 is 1.84 bits per heavy atom. The Labute approximate surface area is 153 Å². The summed E-state index contributed by atoms with van der Waals surface area (Å²) >= 11 is 0. The molecule has 0 spiro atoms. The van der Waals surface area contributed by atoms with E-state index in [1.54, 1.807) is 13.1 Å². The van der Waals surface area contributed by atoms with E-state index >= 15 is 0 Å². The lowest BCUT2D eigenvalue weighted by Gasteiger charge is -2.34. The first kappa shape index (κ1) is 20.0. The van der Waals surface area contributed by atoms with Crippen LogP contribution < -0.4 is 15.5 Å². The summed E-state index contributed by atoms with van der Waals surface area (Å²) in [5.74, 6) is 1.46. The number of nitrogens with one attached hydrogen (secondary N) is 2. The summed E-state index contributed by atoms with van der Waals surface area (Å²) in [7, 11) is 1.75. The maximum Gasteiger partial charge on any atom is 0.148 e. The van der Waals surface area contributed by atoms with Gasteiger partial charge in [0.2, 0.25) is 0 Å². The monoisotopic (exact) mass is 349 g/mol. The minimum absolute atomic E-state index is 0.163. The molecule has 2 saturated heterocycles. The Morgan fingerprint density at radius 3 is 2.28 bits per heavy atom. The fraction of sp³-hybridized carbons (Fsp3) is 0.714. The highest BCUT2D eigenvalue weighted by Gasteiger charge is 2.20. The van der Waals surface area contributed by atoms with Crippen molar-refractivity contribution in [1.82, 2.24) is 5.32 Å². The van der Waals surface area contributed by atoms with E-state index in [-0.39, 0.29) is 5.82 Å². The molecule has 0 saturated carbocycles. The zero-order valence-electron chi connectivity index (χ0n) is 16.3. The van der Waals surface area contributed by atoms with Crippen molar-refractivity contribution in [1.29, 1.82) is 0 Å². The second-order valence-corrected chi connectivity index (χ2v) is 7.78. The molecule has 0 aromatic heterocycles. The first-order chi connectivity index (χ1) is 12.1. The summed E-state index contributed by atoms with van der Waals surface area (Å²) < 4.78 is 13.8. The predicted octanol–water partition coefficient (Wildman–Crippen LogP) is 4.89. The molecule has 2 fully saturated rings. The molecular weight excluding hydrogens is 313 g/mol. The van der Waals surface area contributed by atoms with Crippen LogP contribution in [0.3, 0.4) is 0 Å². The fourth-order valence-electron chi connectivity index (χ4n) is 3.80. The smallest absolute Gasteiger partial charge is 0.148 e. The maximum absolute atomic E-state index is 13.8. The molecule has 3 rings (SSSR count). The first-order valence-electron chi connectivity index (χ1n) is 10.0. The highest BCUT2D eigenvalue weighted by Crippen LogP contribution is 2.29. The Hall–Kier alpha value is -1.29. The number of hydrogen-bond donors (Lipinski definition) is 2. The van der Waals surface area contributed by atoms with Crippen molar-refractivity contribution in [3.05, 3.63) is 24.0 Å². The van der Waals surface area contributed by atoms with E-state index in [1.165, 1.54) is 51.6 Å². The summed E-state index contributed by atoms with van der Waals surface area (Å²) in [6.07, 6.45) is 8.00.